The Labute approximate surface area is 188 Å². The Balaban J connectivity index is 1.49. The zero-order valence-electron chi connectivity index (χ0n) is 17.3. The fourth-order valence-electron chi connectivity index (χ4n) is 3.62. The second kappa shape index (κ2) is 9.91. The lowest BCUT2D eigenvalue weighted by Crippen LogP contribution is -2.26. The van der Waals surface area contributed by atoms with Crippen molar-refractivity contribution >= 4 is 23.5 Å². The van der Waals surface area contributed by atoms with Crippen molar-refractivity contribution < 1.29 is 18.7 Å². The largest absolute Gasteiger partial charge is 0.456 e. The topological polar surface area (TPSA) is 78.3 Å². The highest BCUT2D eigenvalue weighted by Gasteiger charge is 2.23. The summed E-state index contributed by atoms with van der Waals surface area (Å²) in [6, 6.07) is 14.7. The maximum absolute atomic E-state index is 13.2. The van der Waals surface area contributed by atoms with Crippen LogP contribution in [0.15, 0.2) is 64.5 Å². The van der Waals surface area contributed by atoms with Gasteiger partial charge in [0, 0.05) is 22.6 Å². The van der Waals surface area contributed by atoms with E-state index in [9.17, 15) is 18.8 Å². The van der Waals surface area contributed by atoms with Gasteiger partial charge in [0.25, 0.3) is 5.56 Å². The van der Waals surface area contributed by atoms with Crippen LogP contribution in [0.5, 0.6) is 0 Å². The van der Waals surface area contributed by atoms with Gasteiger partial charge in [0.1, 0.15) is 12.4 Å². The van der Waals surface area contributed by atoms with Gasteiger partial charge in [-0.15, -0.1) is 0 Å². The fourth-order valence-corrected chi connectivity index (χ4v) is 4.58. The van der Waals surface area contributed by atoms with Crippen molar-refractivity contribution in [3.05, 3.63) is 93.2 Å². The molecule has 32 heavy (non-hydrogen) atoms. The highest BCUT2D eigenvalue weighted by atomic mass is 32.2. The van der Waals surface area contributed by atoms with Crippen molar-refractivity contribution in [1.29, 1.82) is 0 Å². The average molecular weight is 453 g/mol. The lowest BCUT2D eigenvalue weighted by atomic mass is 10.1. The van der Waals surface area contributed by atoms with E-state index in [-0.39, 0.29) is 30.3 Å². The van der Waals surface area contributed by atoms with Gasteiger partial charge < -0.3 is 9.30 Å². The van der Waals surface area contributed by atoms with Gasteiger partial charge >= 0.3 is 5.97 Å². The number of thioether (sulfide) groups is 1. The summed E-state index contributed by atoms with van der Waals surface area (Å²) in [5.74, 6) is -0.711. The molecule has 0 fully saturated rings. The Morgan fingerprint density at radius 1 is 1.06 bits per heavy atom. The molecule has 0 aliphatic heterocycles. The first-order chi connectivity index (χ1) is 15.5. The van der Waals surface area contributed by atoms with Crippen molar-refractivity contribution in [1.82, 2.24) is 9.55 Å². The standard InChI is InChI=1S/C24H21FN2O4S/c25-18-11-9-16(10-12-18)15-32-24-26-23(30)19-7-4-8-20(19)27(24)13-22(29)31-14-21(28)17-5-2-1-3-6-17/h1-3,5-6,9-12H,4,7-8,13-15H2. The van der Waals surface area contributed by atoms with E-state index in [1.807, 2.05) is 0 Å². The van der Waals surface area contributed by atoms with Gasteiger partial charge in [-0.2, -0.15) is 4.98 Å². The number of carbonyl (C=O) groups is 2. The molecule has 4 rings (SSSR count). The molecular weight excluding hydrogens is 431 g/mol. The molecule has 0 atom stereocenters. The first-order valence-corrected chi connectivity index (χ1v) is 11.2. The minimum absolute atomic E-state index is 0.135. The zero-order chi connectivity index (χ0) is 22.5. The van der Waals surface area contributed by atoms with Gasteiger partial charge in [0.2, 0.25) is 0 Å². The fraction of sp³-hybridized carbons (Fsp3) is 0.250. The summed E-state index contributed by atoms with van der Waals surface area (Å²) in [5.41, 5.74) is 2.49. The molecule has 1 aliphatic rings. The van der Waals surface area contributed by atoms with Gasteiger partial charge in [0.15, 0.2) is 17.5 Å². The molecule has 3 aromatic rings. The highest BCUT2D eigenvalue weighted by Crippen LogP contribution is 2.26. The maximum Gasteiger partial charge on any atom is 0.326 e. The predicted molar refractivity (Wildman–Crippen MR) is 118 cm³/mol. The maximum atomic E-state index is 13.2. The van der Waals surface area contributed by atoms with Crippen LogP contribution in [-0.4, -0.2) is 27.9 Å². The van der Waals surface area contributed by atoms with Crippen LogP contribution < -0.4 is 5.56 Å². The monoisotopic (exact) mass is 452 g/mol. The number of nitrogens with zero attached hydrogens (tertiary/aromatic N) is 2. The molecule has 6 nitrogen and oxygen atoms in total. The van der Waals surface area contributed by atoms with Gasteiger partial charge in [-0.3, -0.25) is 14.4 Å². The van der Waals surface area contributed by atoms with Crippen LogP contribution in [-0.2, 0) is 34.7 Å². The van der Waals surface area contributed by atoms with Crippen LogP contribution in [0.25, 0.3) is 0 Å². The molecule has 0 unspecified atom stereocenters. The average Bonchev–Trinajstić information content (AvgIpc) is 3.30. The van der Waals surface area contributed by atoms with Crippen LogP contribution in [0.3, 0.4) is 0 Å². The first kappa shape index (κ1) is 22.0. The minimum atomic E-state index is -0.572. The van der Waals surface area contributed by atoms with Crippen molar-refractivity contribution in [3.63, 3.8) is 0 Å². The highest BCUT2D eigenvalue weighted by molar-refractivity contribution is 7.98. The van der Waals surface area contributed by atoms with Gasteiger partial charge in [-0.25, -0.2) is 4.39 Å². The first-order valence-electron chi connectivity index (χ1n) is 10.2. The molecule has 0 amide bonds. The molecule has 0 N–H and O–H groups in total. The SMILES string of the molecule is O=C(Cn1c(SCc2ccc(F)cc2)nc(=O)c2c1CCC2)OCC(=O)c1ccccc1. The van der Waals surface area contributed by atoms with E-state index in [0.29, 0.717) is 34.9 Å². The smallest absolute Gasteiger partial charge is 0.326 e. The summed E-state index contributed by atoms with van der Waals surface area (Å²) in [7, 11) is 0. The van der Waals surface area contributed by atoms with Gasteiger partial charge in [0.05, 0.1) is 0 Å². The number of hydrogen-bond donors (Lipinski definition) is 0. The Hall–Kier alpha value is -3.26. The quantitative estimate of drug-likeness (QED) is 0.225. The Bertz CT molecular complexity index is 1190. The van der Waals surface area contributed by atoms with Gasteiger partial charge in [-0.1, -0.05) is 54.2 Å². The molecule has 2 aromatic carbocycles. The van der Waals surface area contributed by atoms with Crippen LogP contribution in [0.4, 0.5) is 4.39 Å². The van der Waals surface area contributed by atoms with E-state index < -0.39 is 5.97 Å². The van der Waals surface area contributed by atoms with Crippen molar-refractivity contribution in [3.8, 4) is 0 Å². The van der Waals surface area contributed by atoms with E-state index in [1.165, 1.54) is 23.9 Å². The lowest BCUT2D eigenvalue weighted by molar-refractivity contribution is -0.143. The number of rotatable bonds is 8. The summed E-state index contributed by atoms with van der Waals surface area (Å²) >= 11 is 1.30. The second-order valence-electron chi connectivity index (χ2n) is 7.43. The lowest BCUT2D eigenvalue weighted by Gasteiger charge is -2.16. The molecule has 1 aliphatic carbocycles. The van der Waals surface area contributed by atoms with E-state index in [4.69, 9.17) is 4.74 Å². The number of halogens is 1. The van der Waals surface area contributed by atoms with Gasteiger partial charge in [-0.05, 0) is 37.0 Å². The number of esters is 1. The molecule has 164 valence electrons. The Kier molecular flexibility index (Phi) is 6.80. The second-order valence-corrected chi connectivity index (χ2v) is 8.37. The number of aromatic nitrogens is 2. The molecular formula is C24H21FN2O4S. The molecule has 0 radical (unpaired) electrons. The van der Waals surface area contributed by atoms with Crippen LogP contribution in [0.2, 0.25) is 0 Å². The zero-order valence-corrected chi connectivity index (χ0v) is 18.1. The number of fused-ring (bicyclic) bond motifs is 1. The summed E-state index contributed by atoms with van der Waals surface area (Å²) in [5, 5.41) is 0.409. The normalized spacial score (nSPS) is 12.4. The Morgan fingerprint density at radius 3 is 2.56 bits per heavy atom. The summed E-state index contributed by atoms with van der Waals surface area (Å²) < 4.78 is 20.1. The summed E-state index contributed by atoms with van der Waals surface area (Å²) in [6.07, 6.45) is 2.12. The van der Waals surface area contributed by atoms with Crippen molar-refractivity contribution in [2.24, 2.45) is 0 Å². The number of carbonyl (C=O) groups excluding carboxylic acids is 2. The third-order valence-electron chi connectivity index (χ3n) is 5.23. The molecule has 0 bridgehead atoms. The molecule has 8 heteroatoms. The number of ether oxygens (including phenoxy) is 1. The number of hydrogen-bond acceptors (Lipinski definition) is 6. The van der Waals surface area contributed by atoms with E-state index in [0.717, 1.165) is 17.7 Å². The number of Topliss-reactive ketones (excluding diaryl/α,β-unsaturated/α-hetero) is 1. The molecule has 1 aromatic heterocycles. The third-order valence-corrected chi connectivity index (χ3v) is 6.28. The van der Waals surface area contributed by atoms with Crippen LogP contribution >= 0.6 is 11.8 Å². The predicted octanol–water partition coefficient (Wildman–Crippen LogP) is 3.59. The minimum Gasteiger partial charge on any atom is -0.456 e. The van der Waals surface area contributed by atoms with Crippen LogP contribution in [0, 0.1) is 5.82 Å². The summed E-state index contributed by atoms with van der Waals surface area (Å²) in [6.45, 7) is -0.486. The van der Waals surface area contributed by atoms with Crippen molar-refractivity contribution in [2.45, 2.75) is 36.7 Å². The molecule has 0 saturated heterocycles. The van der Waals surface area contributed by atoms with E-state index >= 15 is 0 Å². The number of ketones is 1. The molecule has 1 heterocycles. The summed E-state index contributed by atoms with van der Waals surface area (Å²) in [4.78, 5) is 41.4. The van der Waals surface area contributed by atoms with Crippen molar-refractivity contribution in [2.75, 3.05) is 6.61 Å². The van der Waals surface area contributed by atoms with E-state index in [1.54, 1.807) is 47.0 Å². The van der Waals surface area contributed by atoms with Crippen LogP contribution in [0.1, 0.15) is 33.6 Å². The third kappa shape index (κ3) is 5.13. The Morgan fingerprint density at radius 2 is 1.81 bits per heavy atom. The van der Waals surface area contributed by atoms with E-state index in [2.05, 4.69) is 4.98 Å². The number of benzene rings is 2. The molecule has 0 saturated carbocycles. The molecule has 0 spiro atoms.